The number of rotatable bonds is 4. The topological polar surface area (TPSA) is 50.8 Å². The molecule has 5 nitrogen and oxygen atoms in total. The van der Waals surface area contributed by atoms with Gasteiger partial charge in [0, 0.05) is 17.7 Å². The molecule has 0 fully saturated rings. The van der Waals surface area contributed by atoms with Crippen molar-refractivity contribution >= 4 is 23.2 Å². The lowest BCUT2D eigenvalue weighted by Crippen LogP contribution is -2.31. The smallest absolute Gasteiger partial charge is 0.256 e. The van der Waals surface area contributed by atoms with E-state index in [0.29, 0.717) is 22.9 Å². The van der Waals surface area contributed by atoms with Gasteiger partial charge < -0.3 is 19.7 Å². The van der Waals surface area contributed by atoms with Gasteiger partial charge in [0.25, 0.3) is 5.91 Å². The highest BCUT2D eigenvalue weighted by Gasteiger charge is 2.36. The molecule has 2 aliphatic heterocycles. The zero-order valence-electron chi connectivity index (χ0n) is 14.9. The summed E-state index contributed by atoms with van der Waals surface area (Å²) in [6, 6.07) is 20.9. The molecular formula is C22H17ClN2O3. The molecule has 1 amide bonds. The van der Waals surface area contributed by atoms with Gasteiger partial charge in [0.1, 0.15) is 6.17 Å². The van der Waals surface area contributed by atoms with Crippen molar-refractivity contribution in [2.75, 3.05) is 12.1 Å². The molecule has 0 saturated carbocycles. The van der Waals surface area contributed by atoms with E-state index in [-0.39, 0.29) is 18.9 Å². The largest absolute Gasteiger partial charge is 0.454 e. The molecule has 3 aromatic rings. The minimum absolute atomic E-state index is 0.0159. The second-order valence-electron chi connectivity index (χ2n) is 6.73. The molecule has 0 spiro atoms. The number of fused-ring (bicyclic) bond motifs is 2. The maximum atomic E-state index is 13.1. The zero-order valence-corrected chi connectivity index (χ0v) is 15.6. The normalized spacial score (nSPS) is 17.0. The van der Waals surface area contributed by atoms with Crippen molar-refractivity contribution in [3.8, 4) is 11.5 Å². The van der Waals surface area contributed by atoms with Gasteiger partial charge in [-0.05, 0) is 35.9 Å². The molecule has 0 unspecified atom stereocenters. The zero-order chi connectivity index (χ0) is 19.1. The number of ether oxygens (including phenoxy) is 2. The fraction of sp³-hybridized carbons (Fsp3) is 0.136. The van der Waals surface area contributed by atoms with E-state index in [1.54, 1.807) is 0 Å². The van der Waals surface area contributed by atoms with Gasteiger partial charge >= 0.3 is 0 Å². The van der Waals surface area contributed by atoms with Crippen LogP contribution in [0.25, 0.3) is 0 Å². The number of amides is 1. The van der Waals surface area contributed by atoms with Gasteiger partial charge in [-0.15, -0.1) is 0 Å². The highest BCUT2D eigenvalue weighted by molar-refractivity contribution is 6.33. The van der Waals surface area contributed by atoms with Crippen molar-refractivity contribution in [3.05, 3.63) is 88.4 Å². The van der Waals surface area contributed by atoms with Gasteiger partial charge in [-0.25, -0.2) is 0 Å². The van der Waals surface area contributed by atoms with Crippen LogP contribution >= 0.6 is 11.6 Å². The number of benzene rings is 3. The summed E-state index contributed by atoms with van der Waals surface area (Å²) in [5.74, 6) is 1.42. The van der Waals surface area contributed by atoms with Crippen LogP contribution in [-0.4, -0.2) is 17.6 Å². The van der Waals surface area contributed by atoms with Crippen LogP contribution in [-0.2, 0) is 6.54 Å². The summed E-state index contributed by atoms with van der Waals surface area (Å²) in [7, 11) is 0. The number of anilines is 1. The van der Waals surface area contributed by atoms with E-state index in [1.165, 1.54) is 0 Å². The summed E-state index contributed by atoms with van der Waals surface area (Å²) in [6.07, 6.45) is -0.311. The third kappa shape index (κ3) is 2.84. The Morgan fingerprint density at radius 3 is 2.68 bits per heavy atom. The van der Waals surface area contributed by atoms with Crippen LogP contribution in [0.4, 0.5) is 5.69 Å². The average molecular weight is 393 g/mol. The second kappa shape index (κ2) is 6.77. The molecule has 28 heavy (non-hydrogen) atoms. The third-order valence-corrected chi connectivity index (χ3v) is 5.34. The lowest BCUT2D eigenvalue weighted by atomic mass is 10.1. The first-order valence-corrected chi connectivity index (χ1v) is 9.38. The Kier molecular flexibility index (Phi) is 4.10. The monoisotopic (exact) mass is 392 g/mol. The van der Waals surface area contributed by atoms with Crippen molar-refractivity contribution in [3.63, 3.8) is 0 Å². The SMILES string of the molecule is O=C1c2ccccc2[C@H](Nc2ccccc2Cl)N1Cc1ccc2c(c1)OCO2. The number of para-hydroxylation sites is 1. The first-order chi connectivity index (χ1) is 13.7. The van der Waals surface area contributed by atoms with E-state index in [9.17, 15) is 4.79 Å². The fourth-order valence-corrected chi connectivity index (χ4v) is 3.84. The van der Waals surface area contributed by atoms with E-state index in [1.807, 2.05) is 71.6 Å². The molecule has 0 aliphatic carbocycles. The summed E-state index contributed by atoms with van der Waals surface area (Å²) >= 11 is 6.34. The predicted molar refractivity (Wildman–Crippen MR) is 107 cm³/mol. The van der Waals surface area contributed by atoms with Gasteiger partial charge in [-0.2, -0.15) is 0 Å². The Labute approximate surface area is 167 Å². The summed E-state index contributed by atoms with van der Waals surface area (Å²) in [5, 5.41) is 4.05. The molecule has 1 N–H and O–H groups in total. The molecule has 2 aliphatic rings. The number of carbonyl (C=O) groups is 1. The summed E-state index contributed by atoms with van der Waals surface area (Å²) in [6.45, 7) is 0.663. The van der Waals surface area contributed by atoms with Crippen LogP contribution in [0, 0.1) is 0 Å². The summed E-state index contributed by atoms with van der Waals surface area (Å²) in [5.41, 5.74) is 3.40. The lowest BCUT2D eigenvalue weighted by molar-refractivity contribution is 0.0728. The Morgan fingerprint density at radius 2 is 1.79 bits per heavy atom. The van der Waals surface area contributed by atoms with Crippen LogP contribution in [0.15, 0.2) is 66.7 Å². The minimum atomic E-state index is -0.311. The van der Waals surface area contributed by atoms with Crippen LogP contribution < -0.4 is 14.8 Å². The summed E-state index contributed by atoms with van der Waals surface area (Å²) < 4.78 is 10.9. The molecule has 0 bridgehead atoms. The van der Waals surface area contributed by atoms with Crippen LogP contribution in [0.1, 0.15) is 27.7 Å². The number of carbonyl (C=O) groups excluding carboxylic acids is 1. The molecule has 3 aromatic carbocycles. The van der Waals surface area contributed by atoms with Gasteiger partial charge in [0.15, 0.2) is 11.5 Å². The molecular weight excluding hydrogens is 376 g/mol. The molecule has 6 heteroatoms. The van der Waals surface area contributed by atoms with Crippen LogP contribution in [0.3, 0.4) is 0 Å². The molecule has 5 rings (SSSR count). The van der Waals surface area contributed by atoms with Crippen molar-refractivity contribution in [2.45, 2.75) is 12.7 Å². The predicted octanol–water partition coefficient (Wildman–Crippen LogP) is 4.84. The molecule has 2 heterocycles. The molecule has 1 atom stereocenters. The quantitative estimate of drug-likeness (QED) is 0.690. The van der Waals surface area contributed by atoms with Crippen molar-refractivity contribution in [2.24, 2.45) is 0 Å². The van der Waals surface area contributed by atoms with Gasteiger partial charge in [0.05, 0.1) is 10.7 Å². The highest BCUT2D eigenvalue weighted by Crippen LogP contribution is 2.38. The Bertz CT molecular complexity index is 1070. The van der Waals surface area contributed by atoms with E-state index in [0.717, 1.165) is 22.6 Å². The lowest BCUT2D eigenvalue weighted by Gasteiger charge is -2.27. The fourth-order valence-electron chi connectivity index (χ4n) is 3.65. The Balaban J connectivity index is 1.50. The number of hydrogen-bond acceptors (Lipinski definition) is 4. The van der Waals surface area contributed by atoms with Gasteiger partial charge in [-0.3, -0.25) is 4.79 Å². The first kappa shape index (κ1) is 17.0. The third-order valence-electron chi connectivity index (χ3n) is 5.01. The Morgan fingerprint density at radius 1 is 1.00 bits per heavy atom. The number of halogens is 1. The molecule has 0 saturated heterocycles. The van der Waals surface area contributed by atoms with E-state index < -0.39 is 0 Å². The minimum Gasteiger partial charge on any atom is -0.454 e. The van der Waals surface area contributed by atoms with Gasteiger partial charge in [0.2, 0.25) is 6.79 Å². The maximum absolute atomic E-state index is 13.1. The van der Waals surface area contributed by atoms with Crippen molar-refractivity contribution < 1.29 is 14.3 Å². The molecule has 140 valence electrons. The number of nitrogens with one attached hydrogen (secondary N) is 1. The first-order valence-electron chi connectivity index (χ1n) is 9.00. The highest BCUT2D eigenvalue weighted by atomic mass is 35.5. The van der Waals surface area contributed by atoms with Crippen molar-refractivity contribution in [1.29, 1.82) is 0 Å². The van der Waals surface area contributed by atoms with Crippen molar-refractivity contribution in [1.82, 2.24) is 4.90 Å². The van der Waals surface area contributed by atoms with E-state index in [4.69, 9.17) is 21.1 Å². The average Bonchev–Trinajstić information content (AvgIpc) is 3.28. The van der Waals surface area contributed by atoms with Crippen LogP contribution in [0.5, 0.6) is 11.5 Å². The Hall–Kier alpha value is -3.18. The molecule has 0 aromatic heterocycles. The van der Waals surface area contributed by atoms with Crippen LogP contribution in [0.2, 0.25) is 5.02 Å². The summed E-state index contributed by atoms with van der Waals surface area (Å²) in [4.78, 5) is 14.9. The number of nitrogens with zero attached hydrogens (tertiary/aromatic N) is 1. The van der Waals surface area contributed by atoms with E-state index >= 15 is 0 Å². The molecule has 0 radical (unpaired) electrons. The van der Waals surface area contributed by atoms with Gasteiger partial charge in [-0.1, -0.05) is 48.0 Å². The number of hydrogen-bond donors (Lipinski definition) is 1. The standard InChI is InChI=1S/C22H17ClN2O3/c23-17-7-3-4-8-18(17)24-21-15-5-1-2-6-16(15)22(26)25(21)12-14-9-10-19-20(11-14)28-13-27-19/h1-11,21,24H,12-13H2/t21-/m1/s1. The van der Waals surface area contributed by atoms with E-state index in [2.05, 4.69) is 5.32 Å². The maximum Gasteiger partial charge on any atom is 0.256 e. The second-order valence-corrected chi connectivity index (χ2v) is 7.14.